The zero-order valence-electron chi connectivity index (χ0n) is 11.9. The molecule has 1 unspecified atom stereocenters. The fourth-order valence-corrected chi connectivity index (χ4v) is 2.38. The molecule has 0 aliphatic carbocycles. The largest absolute Gasteiger partial charge is 0.467 e. The Bertz CT molecular complexity index is 420. The molecule has 1 atom stereocenters. The van der Waals surface area contributed by atoms with E-state index in [0.717, 1.165) is 5.56 Å². The summed E-state index contributed by atoms with van der Waals surface area (Å²) >= 11 is 1.61. The number of hydrogen-bond acceptors (Lipinski definition) is 4. The average Bonchev–Trinajstić information content (AvgIpc) is 2.84. The van der Waals surface area contributed by atoms with Crippen LogP contribution in [0.2, 0.25) is 0 Å². The van der Waals surface area contributed by atoms with E-state index in [4.69, 9.17) is 4.74 Å². The summed E-state index contributed by atoms with van der Waals surface area (Å²) in [5, 5.41) is 6.77. The Balaban J connectivity index is 2.54. The molecule has 0 fully saturated rings. The van der Waals surface area contributed by atoms with Crippen molar-refractivity contribution in [3.63, 3.8) is 0 Å². The lowest BCUT2D eigenvalue weighted by molar-refractivity contribution is -0.148. The van der Waals surface area contributed by atoms with E-state index < -0.39 is 12.0 Å². The van der Waals surface area contributed by atoms with Crippen molar-refractivity contribution in [3.8, 4) is 0 Å². The minimum Gasteiger partial charge on any atom is -0.467 e. The minimum absolute atomic E-state index is 0.128. The van der Waals surface area contributed by atoms with E-state index in [1.165, 1.54) is 7.11 Å². The molecule has 0 spiro atoms. The van der Waals surface area contributed by atoms with Crippen LogP contribution in [0.1, 0.15) is 32.8 Å². The number of nitrogens with one attached hydrogen (secondary N) is 1. The van der Waals surface area contributed by atoms with Gasteiger partial charge < -0.3 is 10.1 Å². The Morgan fingerprint density at radius 3 is 2.58 bits per heavy atom. The highest BCUT2D eigenvalue weighted by molar-refractivity contribution is 7.07. The van der Waals surface area contributed by atoms with Crippen molar-refractivity contribution < 1.29 is 14.3 Å². The molecular formula is C14H21NO3S. The number of aryl methyl sites for hydroxylation is 1. The molecule has 0 aromatic carbocycles. The summed E-state index contributed by atoms with van der Waals surface area (Å²) < 4.78 is 4.74. The predicted molar refractivity (Wildman–Crippen MR) is 76.0 cm³/mol. The van der Waals surface area contributed by atoms with Gasteiger partial charge in [0.05, 0.1) is 7.11 Å². The lowest BCUT2D eigenvalue weighted by atomic mass is 9.86. The summed E-state index contributed by atoms with van der Waals surface area (Å²) in [6.07, 6.45) is 1.06. The van der Waals surface area contributed by atoms with Crippen LogP contribution in [0.25, 0.3) is 0 Å². The third kappa shape index (κ3) is 5.03. The van der Waals surface area contributed by atoms with Crippen LogP contribution in [0.4, 0.5) is 0 Å². The summed E-state index contributed by atoms with van der Waals surface area (Å²) in [4.78, 5) is 23.6. The Kier molecular flexibility index (Phi) is 5.54. The second-order valence-corrected chi connectivity index (χ2v) is 6.30. The quantitative estimate of drug-likeness (QED) is 0.844. The lowest BCUT2D eigenvalue weighted by Crippen LogP contribution is -2.49. The van der Waals surface area contributed by atoms with Crippen LogP contribution in [0.15, 0.2) is 16.8 Å². The Morgan fingerprint density at radius 1 is 1.42 bits per heavy atom. The van der Waals surface area contributed by atoms with Gasteiger partial charge in [0, 0.05) is 6.42 Å². The zero-order valence-corrected chi connectivity index (χ0v) is 12.7. The minimum atomic E-state index is -0.618. The zero-order chi connectivity index (χ0) is 14.5. The van der Waals surface area contributed by atoms with Gasteiger partial charge in [0.25, 0.3) is 0 Å². The van der Waals surface area contributed by atoms with E-state index >= 15 is 0 Å². The molecular weight excluding hydrogens is 262 g/mol. The van der Waals surface area contributed by atoms with Crippen LogP contribution in [0.5, 0.6) is 0 Å². The Hall–Kier alpha value is -1.36. The maximum Gasteiger partial charge on any atom is 0.328 e. The lowest BCUT2D eigenvalue weighted by Gasteiger charge is -2.29. The van der Waals surface area contributed by atoms with Gasteiger partial charge in [0.1, 0.15) is 6.04 Å². The van der Waals surface area contributed by atoms with Crippen molar-refractivity contribution >= 4 is 23.2 Å². The first-order chi connectivity index (χ1) is 8.84. The molecule has 106 valence electrons. The van der Waals surface area contributed by atoms with Crippen molar-refractivity contribution in [1.82, 2.24) is 5.32 Å². The molecule has 1 aromatic heterocycles. The number of ether oxygens (including phenoxy) is 1. The number of thiophene rings is 1. The highest BCUT2D eigenvalue weighted by Crippen LogP contribution is 2.20. The molecule has 0 aliphatic rings. The molecule has 0 radical (unpaired) electrons. The molecule has 0 aliphatic heterocycles. The highest BCUT2D eigenvalue weighted by Gasteiger charge is 2.33. The van der Waals surface area contributed by atoms with Gasteiger partial charge in [-0.15, -0.1) is 0 Å². The maximum absolute atomic E-state index is 11.9. The Labute approximate surface area is 118 Å². The van der Waals surface area contributed by atoms with E-state index in [0.29, 0.717) is 12.8 Å². The van der Waals surface area contributed by atoms with Gasteiger partial charge in [-0.25, -0.2) is 4.79 Å². The van der Waals surface area contributed by atoms with Crippen molar-refractivity contribution in [2.24, 2.45) is 5.41 Å². The second-order valence-electron chi connectivity index (χ2n) is 5.52. The molecule has 4 nitrogen and oxygen atoms in total. The molecule has 1 rings (SSSR count). The van der Waals surface area contributed by atoms with Crippen LogP contribution >= 0.6 is 11.3 Å². The third-order valence-electron chi connectivity index (χ3n) is 2.83. The van der Waals surface area contributed by atoms with Crippen molar-refractivity contribution in [3.05, 3.63) is 22.4 Å². The molecule has 5 heteroatoms. The van der Waals surface area contributed by atoms with Gasteiger partial charge in [-0.3, -0.25) is 4.79 Å². The van der Waals surface area contributed by atoms with Crippen molar-refractivity contribution in [2.75, 3.05) is 7.11 Å². The molecule has 1 aromatic rings. The second kappa shape index (κ2) is 6.70. The van der Waals surface area contributed by atoms with E-state index in [1.54, 1.807) is 11.3 Å². The number of carbonyl (C=O) groups excluding carboxylic acids is 2. The van der Waals surface area contributed by atoms with E-state index in [-0.39, 0.29) is 11.3 Å². The number of esters is 1. The Morgan fingerprint density at radius 2 is 2.11 bits per heavy atom. The van der Waals surface area contributed by atoms with Gasteiger partial charge in [-0.1, -0.05) is 20.8 Å². The summed E-state index contributed by atoms with van der Waals surface area (Å²) in [7, 11) is 1.33. The predicted octanol–water partition coefficient (Wildman–Crippen LogP) is 2.38. The normalized spacial score (nSPS) is 12.8. The van der Waals surface area contributed by atoms with Crippen LogP contribution < -0.4 is 5.32 Å². The fraction of sp³-hybridized carbons (Fsp3) is 0.571. The first-order valence-corrected chi connectivity index (χ1v) is 7.17. The standard InChI is InChI=1S/C14H21NO3S/c1-14(2,3)12(13(17)18-4)15-11(16)6-5-10-7-8-19-9-10/h7-9,12H,5-6H2,1-4H3,(H,15,16). The van der Waals surface area contributed by atoms with Crippen LogP contribution in [0.3, 0.4) is 0 Å². The van der Waals surface area contributed by atoms with Gasteiger partial charge in [0.2, 0.25) is 5.91 Å². The number of rotatable bonds is 5. The van der Waals surface area contributed by atoms with Crippen LogP contribution in [-0.2, 0) is 20.7 Å². The van der Waals surface area contributed by atoms with E-state index in [2.05, 4.69) is 5.32 Å². The number of hydrogen-bond donors (Lipinski definition) is 1. The molecule has 1 N–H and O–H groups in total. The third-order valence-corrected chi connectivity index (χ3v) is 3.56. The van der Waals surface area contributed by atoms with E-state index in [1.807, 2.05) is 37.6 Å². The average molecular weight is 283 g/mol. The number of methoxy groups -OCH3 is 1. The maximum atomic E-state index is 11.9. The SMILES string of the molecule is COC(=O)C(NC(=O)CCc1ccsc1)C(C)(C)C. The molecule has 1 amide bonds. The molecule has 0 saturated heterocycles. The summed E-state index contributed by atoms with van der Waals surface area (Å²) in [5.74, 6) is -0.534. The van der Waals surface area contributed by atoms with Crippen molar-refractivity contribution in [2.45, 2.75) is 39.7 Å². The van der Waals surface area contributed by atoms with Gasteiger partial charge in [0.15, 0.2) is 0 Å². The number of amides is 1. The van der Waals surface area contributed by atoms with E-state index in [9.17, 15) is 9.59 Å². The monoisotopic (exact) mass is 283 g/mol. The molecule has 0 saturated carbocycles. The van der Waals surface area contributed by atoms with Crippen LogP contribution in [-0.4, -0.2) is 25.0 Å². The number of carbonyl (C=O) groups is 2. The summed E-state index contributed by atoms with van der Waals surface area (Å²) in [6.45, 7) is 5.69. The molecule has 0 bridgehead atoms. The van der Waals surface area contributed by atoms with Crippen molar-refractivity contribution in [1.29, 1.82) is 0 Å². The fourth-order valence-electron chi connectivity index (χ4n) is 1.67. The topological polar surface area (TPSA) is 55.4 Å². The molecule has 1 heterocycles. The molecule has 19 heavy (non-hydrogen) atoms. The first-order valence-electron chi connectivity index (χ1n) is 6.23. The van der Waals surface area contributed by atoms with Gasteiger partial charge >= 0.3 is 5.97 Å². The van der Waals surface area contributed by atoms with Gasteiger partial charge in [-0.2, -0.15) is 11.3 Å². The van der Waals surface area contributed by atoms with Crippen LogP contribution in [0, 0.1) is 5.41 Å². The highest BCUT2D eigenvalue weighted by atomic mass is 32.1. The summed E-state index contributed by atoms with van der Waals surface area (Å²) in [5.41, 5.74) is 0.774. The smallest absolute Gasteiger partial charge is 0.328 e. The summed E-state index contributed by atoms with van der Waals surface area (Å²) in [6, 6.07) is 1.38. The first kappa shape index (κ1) is 15.7. The van der Waals surface area contributed by atoms with Gasteiger partial charge in [-0.05, 0) is 34.2 Å².